The highest BCUT2D eigenvalue weighted by atomic mass is 16.6. The Bertz CT molecular complexity index is 1010. The summed E-state index contributed by atoms with van der Waals surface area (Å²) in [6.07, 6.45) is 4.33. The Kier molecular flexibility index (Phi) is 4.32. The molecule has 0 fully saturated rings. The van der Waals surface area contributed by atoms with Gasteiger partial charge in [0.05, 0.1) is 11.6 Å². The lowest BCUT2D eigenvalue weighted by molar-refractivity contribution is -0.136. The van der Waals surface area contributed by atoms with Crippen LogP contribution in [-0.2, 0) is 17.6 Å². The number of furan rings is 1. The molecule has 5 heteroatoms. The largest absolute Gasteiger partial charge is 0.482 e. The second kappa shape index (κ2) is 6.93. The minimum Gasteiger partial charge on any atom is -0.482 e. The number of carbonyl (C=O) groups excluding carboxylic acids is 1. The van der Waals surface area contributed by atoms with Gasteiger partial charge >= 0.3 is 5.97 Å². The van der Waals surface area contributed by atoms with Gasteiger partial charge in [0, 0.05) is 17.4 Å². The van der Waals surface area contributed by atoms with Crippen molar-refractivity contribution in [1.82, 2.24) is 0 Å². The smallest absolute Gasteiger partial charge is 0.349 e. The van der Waals surface area contributed by atoms with E-state index in [9.17, 15) is 4.79 Å². The Balaban J connectivity index is 1.44. The molecule has 0 atom stereocenters. The summed E-state index contributed by atoms with van der Waals surface area (Å²) in [5.74, 6) is 1.49. The van der Waals surface area contributed by atoms with Crippen molar-refractivity contribution in [3.63, 3.8) is 0 Å². The topological polar surface area (TPSA) is 72.5 Å². The summed E-state index contributed by atoms with van der Waals surface area (Å²) in [6, 6.07) is 14.1. The second-order valence-corrected chi connectivity index (χ2v) is 6.27. The van der Waals surface area contributed by atoms with Crippen LogP contribution >= 0.6 is 0 Å². The third-order valence-corrected chi connectivity index (χ3v) is 4.48. The molecule has 0 saturated heterocycles. The highest BCUT2D eigenvalue weighted by Crippen LogP contribution is 2.33. The minimum absolute atomic E-state index is 0.206. The number of fused-ring (bicyclic) bond motifs is 3. The van der Waals surface area contributed by atoms with Crippen LogP contribution in [0.1, 0.15) is 29.7 Å². The summed E-state index contributed by atoms with van der Waals surface area (Å²) < 4.78 is 16.7. The summed E-state index contributed by atoms with van der Waals surface area (Å²) in [7, 11) is 0. The van der Waals surface area contributed by atoms with Gasteiger partial charge in [0.25, 0.3) is 0 Å². The van der Waals surface area contributed by atoms with E-state index in [0.29, 0.717) is 17.1 Å². The number of carbonyl (C=O) groups is 1. The predicted molar refractivity (Wildman–Crippen MR) is 95.1 cm³/mol. The van der Waals surface area contributed by atoms with E-state index >= 15 is 0 Å². The van der Waals surface area contributed by atoms with Gasteiger partial charge in [-0.25, -0.2) is 4.79 Å². The molecule has 1 aliphatic carbocycles. The van der Waals surface area contributed by atoms with Crippen molar-refractivity contribution >= 4 is 16.9 Å². The Hall–Kier alpha value is -3.26. The Morgan fingerprint density at radius 1 is 1.12 bits per heavy atom. The quantitative estimate of drug-likeness (QED) is 0.523. The van der Waals surface area contributed by atoms with Crippen LogP contribution in [0.25, 0.3) is 11.0 Å². The zero-order valence-corrected chi connectivity index (χ0v) is 14.2. The number of hydrogen-bond acceptors (Lipinski definition) is 5. The molecular formula is C21H17NO4. The molecule has 1 aromatic heterocycles. The first kappa shape index (κ1) is 16.2. The third kappa shape index (κ3) is 3.27. The average Bonchev–Trinajstić information content (AvgIpc) is 3.04. The number of nitriles is 1. The van der Waals surface area contributed by atoms with E-state index in [1.54, 1.807) is 24.3 Å². The van der Waals surface area contributed by atoms with Gasteiger partial charge in [-0.05, 0) is 55.7 Å². The van der Waals surface area contributed by atoms with Crippen molar-refractivity contribution in [1.29, 1.82) is 5.26 Å². The molecule has 130 valence electrons. The van der Waals surface area contributed by atoms with Crippen LogP contribution in [0.15, 0.2) is 46.9 Å². The zero-order chi connectivity index (χ0) is 17.9. The molecule has 5 nitrogen and oxygen atoms in total. The molecule has 4 rings (SSSR count). The van der Waals surface area contributed by atoms with Crippen LogP contribution in [0.4, 0.5) is 0 Å². The van der Waals surface area contributed by atoms with Crippen molar-refractivity contribution < 1.29 is 18.7 Å². The van der Waals surface area contributed by atoms with Gasteiger partial charge in [-0.2, -0.15) is 5.26 Å². The number of benzene rings is 2. The highest BCUT2D eigenvalue weighted by Gasteiger charge is 2.18. The molecule has 3 aromatic rings. The molecule has 0 saturated carbocycles. The van der Waals surface area contributed by atoms with Crippen molar-refractivity contribution in [3.05, 3.63) is 59.4 Å². The van der Waals surface area contributed by atoms with Crippen molar-refractivity contribution in [3.8, 4) is 17.6 Å². The van der Waals surface area contributed by atoms with Crippen LogP contribution in [0.2, 0.25) is 0 Å². The van der Waals surface area contributed by atoms with Gasteiger partial charge in [-0.1, -0.05) is 6.07 Å². The van der Waals surface area contributed by atoms with E-state index in [1.165, 1.54) is 18.1 Å². The second-order valence-electron chi connectivity index (χ2n) is 6.27. The standard InChI is InChI=1S/C21H17NO4/c22-12-14-4-3-5-16(10-14)25-21(23)13-24-15-8-9-20-18(11-15)17-6-1-2-7-19(17)26-20/h3-5,8-11H,1-2,6-7,13H2. The molecule has 1 aliphatic rings. The lowest BCUT2D eigenvalue weighted by Crippen LogP contribution is -2.17. The molecule has 26 heavy (non-hydrogen) atoms. The first-order valence-corrected chi connectivity index (χ1v) is 8.61. The molecular weight excluding hydrogens is 330 g/mol. The van der Waals surface area contributed by atoms with E-state index in [4.69, 9.17) is 19.2 Å². The van der Waals surface area contributed by atoms with Crippen molar-refractivity contribution in [2.45, 2.75) is 25.7 Å². The number of hydrogen-bond donors (Lipinski definition) is 0. The Morgan fingerprint density at radius 3 is 2.88 bits per heavy atom. The number of aryl methyl sites for hydroxylation is 2. The van der Waals surface area contributed by atoms with Gasteiger partial charge < -0.3 is 13.9 Å². The van der Waals surface area contributed by atoms with E-state index < -0.39 is 5.97 Å². The lowest BCUT2D eigenvalue weighted by Gasteiger charge is -2.09. The van der Waals surface area contributed by atoms with Crippen molar-refractivity contribution in [2.75, 3.05) is 6.61 Å². The van der Waals surface area contributed by atoms with Crippen LogP contribution < -0.4 is 9.47 Å². The molecule has 1 heterocycles. The summed E-state index contributed by atoms with van der Waals surface area (Å²) in [4.78, 5) is 12.0. The van der Waals surface area contributed by atoms with Crippen LogP contribution in [-0.4, -0.2) is 12.6 Å². The predicted octanol–water partition coefficient (Wildman–Crippen LogP) is 4.17. The first-order chi connectivity index (χ1) is 12.7. The summed E-state index contributed by atoms with van der Waals surface area (Å²) in [6.45, 7) is -0.206. The molecule has 0 radical (unpaired) electrons. The van der Waals surface area contributed by atoms with Crippen molar-refractivity contribution in [2.24, 2.45) is 0 Å². The van der Waals surface area contributed by atoms with Crippen LogP contribution in [0.5, 0.6) is 11.5 Å². The maximum Gasteiger partial charge on any atom is 0.349 e. The van der Waals surface area contributed by atoms with E-state index in [1.807, 2.05) is 18.2 Å². The normalized spacial score (nSPS) is 13.0. The van der Waals surface area contributed by atoms with Gasteiger partial charge in [0.2, 0.25) is 0 Å². The van der Waals surface area contributed by atoms with Gasteiger partial charge in [0.15, 0.2) is 6.61 Å². The van der Waals surface area contributed by atoms with Gasteiger partial charge in [-0.3, -0.25) is 0 Å². The molecule has 0 amide bonds. The highest BCUT2D eigenvalue weighted by molar-refractivity contribution is 5.84. The summed E-state index contributed by atoms with van der Waals surface area (Å²) in [5, 5.41) is 9.94. The van der Waals surface area contributed by atoms with E-state index in [2.05, 4.69) is 0 Å². The van der Waals surface area contributed by atoms with E-state index in [0.717, 1.165) is 36.0 Å². The number of rotatable bonds is 4. The van der Waals surface area contributed by atoms with Crippen LogP contribution in [0, 0.1) is 11.3 Å². The third-order valence-electron chi connectivity index (χ3n) is 4.48. The molecule has 0 spiro atoms. The molecule has 0 bridgehead atoms. The SMILES string of the molecule is N#Cc1cccc(OC(=O)COc2ccc3oc4c(c3c2)CCCC4)c1. The fourth-order valence-corrected chi connectivity index (χ4v) is 3.26. The first-order valence-electron chi connectivity index (χ1n) is 8.61. The fourth-order valence-electron chi connectivity index (χ4n) is 3.26. The summed E-state index contributed by atoms with van der Waals surface area (Å²) in [5.41, 5.74) is 2.55. The summed E-state index contributed by atoms with van der Waals surface area (Å²) >= 11 is 0. The van der Waals surface area contributed by atoms with Crippen LogP contribution in [0.3, 0.4) is 0 Å². The van der Waals surface area contributed by atoms with E-state index in [-0.39, 0.29) is 6.61 Å². The Labute approximate surface area is 150 Å². The van der Waals surface area contributed by atoms with Gasteiger partial charge in [0.1, 0.15) is 22.8 Å². The maximum absolute atomic E-state index is 12.0. The molecule has 0 unspecified atom stereocenters. The maximum atomic E-state index is 12.0. The minimum atomic E-state index is -0.519. The number of ether oxygens (including phenoxy) is 2. The Morgan fingerprint density at radius 2 is 2.00 bits per heavy atom. The van der Waals surface area contributed by atoms with Gasteiger partial charge in [-0.15, -0.1) is 0 Å². The molecule has 0 aliphatic heterocycles. The average molecular weight is 347 g/mol. The molecule has 0 N–H and O–H groups in total. The number of nitrogens with zero attached hydrogens (tertiary/aromatic N) is 1. The monoisotopic (exact) mass is 347 g/mol. The number of esters is 1. The zero-order valence-electron chi connectivity index (χ0n) is 14.2. The fraction of sp³-hybridized carbons (Fsp3) is 0.238. The molecule has 2 aromatic carbocycles. The lowest BCUT2D eigenvalue weighted by atomic mass is 9.96.